The molecular weight excluding hydrogens is 380 g/mol. The molecule has 2 aromatic carbocycles. The van der Waals surface area contributed by atoms with Crippen molar-refractivity contribution >= 4 is 5.78 Å². The first-order valence-electron chi connectivity index (χ1n) is 10.0. The van der Waals surface area contributed by atoms with Gasteiger partial charge < -0.3 is 14.2 Å². The fourth-order valence-corrected chi connectivity index (χ4v) is 4.05. The number of carbonyl (C=O) groups excluding carboxylic acids is 1. The molecule has 6 heteroatoms. The van der Waals surface area contributed by atoms with E-state index in [0.717, 1.165) is 41.2 Å². The van der Waals surface area contributed by atoms with Gasteiger partial charge in [-0.2, -0.15) is 0 Å². The average Bonchev–Trinajstić information content (AvgIpc) is 3.45. The lowest BCUT2D eigenvalue weighted by molar-refractivity contribution is -0.120. The summed E-state index contributed by atoms with van der Waals surface area (Å²) in [7, 11) is 1.66. The number of nitrogens with zero attached hydrogens (tertiary/aromatic N) is 2. The van der Waals surface area contributed by atoms with Crippen molar-refractivity contribution in [2.24, 2.45) is 0 Å². The SMILES string of the molecule is COc1ccccc1Cc1cncc(CC(=O)C2(c3ccc4c(c3)OCO4)CC2)n1. The van der Waals surface area contributed by atoms with Gasteiger partial charge in [0.15, 0.2) is 11.5 Å². The summed E-state index contributed by atoms with van der Waals surface area (Å²) in [5, 5.41) is 0. The molecule has 0 unspecified atom stereocenters. The maximum absolute atomic E-state index is 13.2. The van der Waals surface area contributed by atoms with Gasteiger partial charge in [-0.3, -0.25) is 14.8 Å². The highest BCUT2D eigenvalue weighted by Crippen LogP contribution is 2.51. The Morgan fingerprint density at radius 3 is 2.70 bits per heavy atom. The van der Waals surface area contributed by atoms with Gasteiger partial charge in [-0.25, -0.2) is 0 Å². The van der Waals surface area contributed by atoms with Crippen LogP contribution in [0.1, 0.15) is 35.4 Å². The van der Waals surface area contributed by atoms with E-state index in [4.69, 9.17) is 19.2 Å². The normalized spacial score (nSPS) is 15.6. The van der Waals surface area contributed by atoms with Crippen LogP contribution in [0.2, 0.25) is 0 Å². The molecule has 0 bridgehead atoms. The minimum atomic E-state index is -0.443. The first-order valence-corrected chi connectivity index (χ1v) is 10.0. The number of aromatic nitrogens is 2. The Morgan fingerprint density at radius 1 is 1.07 bits per heavy atom. The van der Waals surface area contributed by atoms with E-state index in [9.17, 15) is 4.79 Å². The van der Waals surface area contributed by atoms with Gasteiger partial charge in [0, 0.05) is 24.4 Å². The summed E-state index contributed by atoms with van der Waals surface area (Å²) in [5.41, 5.74) is 3.10. The van der Waals surface area contributed by atoms with Crippen molar-refractivity contribution < 1.29 is 19.0 Å². The molecule has 5 rings (SSSR count). The van der Waals surface area contributed by atoms with E-state index in [1.54, 1.807) is 19.5 Å². The molecule has 30 heavy (non-hydrogen) atoms. The maximum Gasteiger partial charge on any atom is 0.231 e. The number of hydrogen-bond acceptors (Lipinski definition) is 6. The van der Waals surface area contributed by atoms with E-state index in [1.807, 2.05) is 42.5 Å². The minimum Gasteiger partial charge on any atom is -0.496 e. The maximum atomic E-state index is 13.2. The van der Waals surface area contributed by atoms with Crippen LogP contribution in [0.4, 0.5) is 0 Å². The van der Waals surface area contributed by atoms with Crippen LogP contribution in [0.25, 0.3) is 0 Å². The fourth-order valence-electron chi connectivity index (χ4n) is 4.05. The number of benzene rings is 2. The lowest BCUT2D eigenvalue weighted by Gasteiger charge is -2.15. The summed E-state index contributed by atoms with van der Waals surface area (Å²) >= 11 is 0. The number of para-hydroxylation sites is 1. The molecule has 6 nitrogen and oxygen atoms in total. The number of rotatable bonds is 7. The molecule has 0 N–H and O–H groups in total. The smallest absolute Gasteiger partial charge is 0.231 e. The number of Topliss-reactive ketones (excluding diaryl/α,β-unsaturated/α-hetero) is 1. The van der Waals surface area contributed by atoms with Gasteiger partial charge >= 0.3 is 0 Å². The Bertz CT molecular complexity index is 1110. The second-order valence-corrected chi connectivity index (χ2v) is 7.74. The number of ether oxygens (including phenoxy) is 3. The molecule has 0 radical (unpaired) electrons. The van der Waals surface area contributed by atoms with E-state index in [-0.39, 0.29) is 19.0 Å². The highest BCUT2D eigenvalue weighted by Gasteiger charge is 2.51. The molecule has 1 aromatic heterocycles. The standard InChI is InChI=1S/C24H22N2O4/c1-28-20-5-3-2-4-16(20)10-18-13-25-14-19(26-18)12-23(27)24(8-9-24)17-6-7-21-22(11-17)30-15-29-21/h2-7,11,13-14H,8-10,12,15H2,1H3. The molecule has 2 aliphatic rings. The number of hydrogen-bond donors (Lipinski definition) is 0. The molecule has 1 saturated carbocycles. The molecule has 0 spiro atoms. The van der Waals surface area contributed by atoms with Crippen LogP contribution in [0.3, 0.4) is 0 Å². The van der Waals surface area contributed by atoms with Crippen LogP contribution >= 0.6 is 0 Å². The van der Waals surface area contributed by atoms with Crippen molar-refractivity contribution in [3.63, 3.8) is 0 Å². The van der Waals surface area contributed by atoms with Gasteiger partial charge in [0.2, 0.25) is 6.79 Å². The quantitative estimate of drug-likeness (QED) is 0.601. The summed E-state index contributed by atoms with van der Waals surface area (Å²) in [5.74, 6) is 2.44. The zero-order valence-corrected chi connectivity index (χ0v) is 16.8. The largest absolute Gasteiger partial charge is 0.496 e. The third-order valence-electron chi connectivity index (χ3n) is 5.85. The van der Waals surface area contributed by atoms with Crippen molar-refractivity contribution in [1.82, 2.24) is 9.97 Å². The van der Waals surface area contributed by atoms with Crippen molar-refractivity contribution in [2.75, 3.05) is 13.9 Å². The van der Waals surface area contributed by atoms with Crippen molar-refractivity contribution in [3.05, 3.63) is 77.4 Å². The Labute approximate surface area is 174 Å². The highest BCUT2D eigenvalue weighted by molar-refractivity contribution is 5.94. The van der Waals surface area contributed by atoms with Crippen molar-refractivity contribution in [1.29, 1.82) is 0 Å². The van der Waals surface area contributed by atoms with E-state index in [1.165, 1.54) is 0 Å². The van der Waals surface area contributed by atoms with Crippen LogP contribution in [0, 0.1) is 0 Å². The summed E-state index contributed by atoms with van der Waals surface area (Å²) in [6.07, 6.45) is 5.98. The Hall–Kier alpha value is -3.41. The van der Waals surface area contributed by atoms with Crippen molar-refractivity contribution in [3.8, 4) is 17.2 Å². The molecule has 1 fully saturated rings. The molecule has 3 aromatic rings. The average molecular weight is 402 g/mol. The molecule has 0 atom stereocenters. The Kier molecular flexibility index (Phi) is 4.62. The first kappa shape index (κ1) is 18.6. The third-order valence-corrected chi connectivity index (χ3v) is 5.85. The number of fused-ring (bicyclic) bond motifs is 1. The predicted molar refractivity (Wildman–Crippen MR) is 110 cm³/mol. The van der Waals surface area contributed by atoms with E-state index in [0.29, 0.717) is 17.9 Å². The number of methoxy groups -OCH3 is 1. The van der Waals surface area contributed by atoms with Crippen LogP contribution in [-0.4, -0.2) is 29.7 Å². The van der Waals surface area contributed by atoms with E-state index < -0.39 is 5.41 Å². The molecule has 152 valence electrons. The van der Waals surface area contributed by atoms with Gasteiger partial charge in [0.1, 0.15) is 11.5 Å². The highest BCUT2D eigenvalue weighted by atomic mass is 16.7. The molecule has 0 saturated heterocycles. The van der Waals surface area contributed by atoms with Crippen LogP contribution in [0.15, 0.2) is 54.9 Å². The number of ketones is 1. The van der Waals surface area contributed by atoms with Crippen LogP contribution in [0.5, 0.6) is 17.2 Å². The first-order chi connectivity index (χ1) is 14.7. The van der Waals surface area contributed by atoms with Crippen molar-refractivity contribution in [2.45, 2.75) is 31.1 Å². The van der Waals surface area contributed by atoms with Gasteiger partial charge in [-0.1, -0.05) is 24.3 Å². The Morgan fingerprint density at radius 2 is 1.87 bits per heavy atom. The van der Waals surface area contributed by atoms with E-state index >= 15 is 0 Å². The summed E-state index contributed by atoms with van der Waals surface area (Å²) in [4.78, 5) is 22.2. The van der Waals surface area contributed by atoms with Crippen LogP contribution < -0.4 is 14.2 Å². The summed E-state index contributed by atoms with van der Waals surface area (Å²) < 4.78 is 16.3. The third kappa shape index (κ3) is 3.38. The predicted octanol–water partition coefficient (Wildman–Crippen LogP) is 3.65. The minimum absolute atomic E-state index is 0.171. The molecule has 1 aliphatic carbocycles. The molecule has 2 heterocycles. The number of carbonyl (C=O) groups is 1. The molecule has 0 amide bonds. The lowest BCUT2D eigenvalue weighted by atomic mass is 9.89. The topological polar surface area (TPSA) is 70.5 Å². The summed E-state index contributed by atoms with van der Waals surface area (Å²) in [6.45, 7) is 0.230. The molecular formula is C24H22N2O4. The second-order valence-electron chi connectivity index (χ2n) is 7.74. The zero-order valence-electron chi connectivity index (χ0n) is 16.8. The van der Waals surface area contributed by atoms with E-state index in [2.05, 4.69) is 4.98 Å². The van der Waals surface area contributed by atoms with Gasteiger partial charge in [-0.15, -0.1) is 0 Å². The lowest BCUT2D eigenvalue weighted by Crippen LogP contribution is -2.23. The van der Waals surface area contributed by atoms with Crippen LogP contribution in [-0.2, 0) is 23.1 Å². The van der Waals surface area contributed by atoms with Gasteiger partial charge in [0.25, 0.3) is 0 Å². The zero-order chi connectivity index (χ0) is 20.6. The molecule has 1 aliphatic heterocycles. The Balaban J connectivity index is 1.33. The van der Waals surface area contributed by atoms with Gasteiger partial charge in [-0.05, 0) is 36.6 Å². The van der Waals surface area contributed by atoms with Gasteiger partial charge in [0.05, 0.1) is 30.3 Å². The monoisotopic (exact) mass is 402 g/mol. The fraction of sp³-hybridized carbons (Fsp3) is 0.292. The summed E-state index contributed by atoms with van der Waals surface area (Å²) in [6, 6.07) is 13.7. The second kappa shape index (κ2) is 7.44.